The molecule has 0 fully saturated rings. The van der Waals surface area contributed by atoms with Gasteiger partial charge in [0.2, 0.25) is 5.75 Å². The van der Waals surface area contributed by atoms with E-state index in [0.717, 1.165) is 16.9 Å². The predicted octanol–water partition coefficient (Wildman–Crippen LogP) is 3.86. The number of carbonyl (C=O) groups excluding carboxylic acids is 1. The second-order valence-corrected chi connectivity index (χ2v) is 7.69. The molecule has 1 atom stereocenters. The molecule has 0 spiro atoms. The molecule has 0 saturated carbocycles. The fourth-order valence-corrected chi connectivity index (χ4v) is 4.42. The summed E-state index contributed by atoms with van der Waals surface area (Å²) in [4.78, 5) is 17.4. The van der Waals surface area contributed by atoms with Gasteiger partial charge in [-0.3, -0.25) is 4.79 Å². The average Bonchev–Trinajstić information content (AvgIpc) is 3.23. The van der Waals surface area contributed by atoms with Crippen LogP contribution in [0.3, 0.4) is 0 Å². The van der Waals surface area contributed by atoms with Gasteiger partial charge in [-0.15, -0.1) is 5.10 Å². The van der Waals surface area contributed by atoms with Crippen LogP contribution in [-0.4, -0.2) is 49.1 Å². The summed E-state index contributed by atoms with van der Waals surface area (Å²) < 4.78 is 22.8. The lowest BCUT2D eigenvalue weighted by atomic mass is 10.1. The van der Waals surface area contributed by atoms with Crippen molar-refractivity contribution < 1.29 is 23.7 Å². The van der Waals surface area contributed by atoms with E-state index in [1.165, 1.54) is 16.4 Å². The molecule has 3 aromatic rings. The van der Waals surface area contributed by atoms with Crippen LogP contribution >= 0.6 is 11.8 Å². The molecule has 1 aliphatic rings. The predicted molar refractivity (Wildman–Crippen MR) is 112 cm³/mol. The van der Waals surface area contributed by atoms with Crippen LogP contribution in [0.15, 0.2) is 41.6 Å². The van der Waals surface area contributed by atoms with Crippen molar-refractivity contribution in [2.45, 2.75) is 16.8 Å². The Kier molecular flexibility index (Phi) is 5.54. The van der Waals surface area contributed by atoms with Crippen LogP contribution in [0.2, 0.25) is 0 Å². The molecular weight excluding hydrogens is 406 g/mol. The van der Waals surface area contributed by atoms with Gasteiger partial charge in [0.05, 0.1) is 28.4 Å². The minimum atomic E-state index is -0.147. The summed E-state index contributed by atoms with van der Waals surface area (Å²) in [6, 6.07) is 11.1. The Morgan fingerprint density at radius 1 is 0.967 bits per heavy atom. The lowest BCUT2D eigenvalue weighted by Gasteiger charge is -2.22. The van der Waals surface area contributed by atoms with Gasteiger partial charge in [-0.1, -0.05) is 11.8 Å². The molecule has 4 rings (SSSR count). The van der Waals surface area contributed by atoms with E-state index < -0.39 is 0 Å². The zero-order valence-electron chi connectivity index (χ0n) is 17.0. The van der Waals surface area contributed by atoms with Gasteiger partial charge in [-0.25, -0.2) is 4.98 Å². The highest BCUT2D eigenvalue weighted by molar-refractivity contribution is 7.99. The number of benzene rings is 2. The number of fused-ring (bicyclic) bond motifs is 1. The molecule has 2 heterocycles. The van der Waals surface area contributed by atoms with Crippen molar-refractivity contribution in [2.24, 2.45) is 0 Å². The van der Waals surface area contributed by atoms with Gasteiger partial charge in [0.25, 0.3) is 5.91 Å². The maximum Gasteiger partial charge on any atom is 0.250 e. The molecule has 1 unspecified atom stereocenters. The van der Waals surface area contributed by atoms with Crippen molar-refractivity contribution in [1.82, 2.24) is 14.8 Å². The van der Waals surface area contributed by atoms with Crippen LogP contribution in [0.25, 0.3) is 11.4 Å². The second kappa shape index (κ2) is 8.27. The van der Waals surface area contributed by atoms with E-state index in [1.807, 2.05) is 36.4 Å². The van der Waals surface area contributed by atoms with Crippen molar-refractivity contribution in [3.63, 3.8) is 0 Å². The van der Waals surface area contributed by atoms with E-state index in [-0.39, 0.29) is 17.6 Å². The van der Waals surface area contributed by atoms with Crippen molar-refractivity contribution in [3.05, 3.63) is 42.0 Å². The van der Waals surface area contributed by atoms with Gasteiger partial charge < -0.3 is 18.9 Å². The van der Waals surface area contributed by atoms with Crippen LogP contribution in [0.5, 0.6) is 23.0 Å². The molecule has 0 radical (unpaired) electrons. The highest BCUT2D eigenvalue weighted by Crippen LogP contribution is 2.46. The van der Waals surface area contributed by atoms with Crippen molar-refractivity contribution in [2.75, 3.05) is 28.4 Å². The van der Waals surface area contributed by atoms with Gasteiger partial charge in [0.15, 0.2) is 22.5 Å². The minimum Gasteiger partial charge on any atom is -0.497 e. The summed E-state index contributed by atoms with van der Waals surface area (Å²) in [5, 5.41) is 4.81. The molecule has 1 aromatic heterocycles. The molecule has 0 bridgehead atoms. The fourth-order valence-electron chi connectivity index (χ4n) is 3.29. The first-order valence-electron chi connectivity index (χ1n) is 9.19. The van der Waals surface area contributed by atoms with Crippen molar-refractivity contribution in [1.29, 1.82) is 0 Å². The van der Waals surface area contributed by atoms with E-state index in [4.69, 9.17) is 18.9 Å². The summed E-state index contributed by atoms with van der Waals surface area (Å²) in [5.74, 6) is 2.74. The molecule has 156 valence electrons. The molecule has 0 aliphatic carbocycles. The molecule has 0 saturated heterocycles. The quantitative estimate of drug-likeness (QED) is 0.586. The summed E-state index contributed by atoms with van der Waals surface area (Å²) in [6.45, 7) is 0. The number of rotatable bonds is 6. The maximum absolute atomic E-state index is 12.8. The monoisotopic (exact) mass is 427 g/mol. The highest BCUT2D eigenvalue weighted by atomic mass is 32.2. The van der Waals surface area contributed by atoms with Gasteiger partial charge in [0, 0.05) is 17.2 Å². The Balaban J connectivity index is 1.67. The van der Waals surface area contributed by atoms with Crippen LogP contribution in [0, 0.1) is 0 Å². The molecule has 1 aliphatic heterocycles. The number of carbonyl (C=O) groups is 1. The normalized spacial score (nSPS) is 15.5. The first-order chi connectivity index (χ1) is 14.6. The number of hydrogen-bond acceptors (Lipinski definition) is 8. The first-order valence-corrected chi connectivity index (χ1v) is 10.1. The number of methoxy groups -OCH3 is 4. The largest absolute Gasteiger partial charge is 0.497 e. The van der Waals surface area contributed by atoms with Crippen LogP contribution in [0.4, 0.5) is 0 Å². The summed E-state index contributed by atoms with van der Waals surface area (Å²) in [6.07, 6.45) is 0.279. The fraction of sp³-hybridized carbons (Fsp3) is 0.286. The number of hydrogen-bond donors (Lipinski definition) is 0. The Morgan fingerprint density at radius 3 is 2.20 bits per heavy atom. The molecule has 0 amide bonds. The number of aromatic nitrogens is 3. The number of thioether (sulfide) groups is 1. The third-order valence-corrected chi connectivity index (χ3v) is 6.03. The molecule has 8 nitrogen and oxygen atoms in total. The van der Waals surface area contributed by atoms with E-state index in [9.17, 15) is 4.79 Å². The molecule has 0 N–H and O–H groups in total. The molecular formula is C21H21N3O5S. The minimum absolute atomic E-state index is 0.116. The molecule has 30 heavy (non-hydrogen) atoms. The second-order valence-electron chi connectivity index (χ2n) is 6.52. The Bertz CT molecular complexity index is 1060. The number of ether oxygens (including phenoxy) is 4. The third-order valence-electron chi connectivity index (χ3n) is 4.83. The lowest BCUT2D eigenvalue weighted by molar-refractivity contribution is 0.0868. The number of nitrogens with zero attached hydrogens (tertiary/aromatic N) is 3. The van der Waals surface area contributed by atoms with E-state index in [1.54, 1.807) is 28.4 Å². The van der Waals surface area contributed by atoms with Crippen LogP contribution < -0.4 is 18.9 Å². The van der Waals surface area contributed by atoms with Gasteiger partial charge in [0.1, 0.15) is 5.75 Å². The molecule has 9 heteroatoms. The topological polar surface area (TPSA) is 84.7 Å². The van der Waals surface area contributed by atoms with Crippen molar-refractivity contribution in [3.8, 4) is 34.4 Å². The zero-order chi connectivity index (χ0) is 21.3. The standard InChI is InChI=1S/C21H21N3O5S/c1-26-14-7-5-12(6-8-14)20-22-21-24(23-20)18(25)11-17(30-21)13-9-15(27-2)19(29-4)16(10-13)28-3/h5-10,17H,11H2,1-4H3. The van der Waals surface area contributed by atoms with E-state index >= 15 is 0 Å². The highest BCUT2D eigenvalue weighted by Gasteiger charge is 2.31. The van der Waals surface area contributed by atoms with Gasteiger partial charge in [-0.2, -0.15) is 4.68 Å². The SMILES string of the molecule is COc1ccc(-c2nc3n(n2)C(=O)CC(c2cc(OC)c(OC)c(OC)c2)S3)cc1. The molecule has 2 aromatic carbocycles. The third kappa shape index (κ3) is 3.56. The smallest absolute Gasteiger partial charge is 0.250 e. The summed E-state index contributed by atoms with van der Waals surface area (Å²) in [7, 11) is 6.30. The maximum atomic E-state index is 12.8. The summed E-state index contributed by atoms with van der Waals surface area (Å²) >= 11 is 1.48. The van der Waals surface area contributed by atoms with E-state index in [0.29, 0.717) is 28.2 Å². The Morgan fingerprint density at radius 2 is 1.63 bits per heavy atom. The average molecular weight is 427 g/mol. The van der Waals surface area contributed by atoms with Gasteiger partial charge in [-0.05, 0) is 42.0 Å². The van der Waals surface area contributed by atoms with Crippen molar-refractivity contribution >= 4 is 17.7 Å². The Labute approximate surface area is 178 Å². The van der Waals surface area contributed by atoms with Gasteiger partial charge >= 0.3 is 0 Å². The van der Waals surface area contributed by atoms with Crippen LogP contribution in [0.1, 0.15) is 22.0 Å². The zero-order valence-corrected chi connectivity index (χ0v) is 17.9. The summed E-state index contributed by atoms with van der Waals surface area (Å²) in [5.41, 5.74) is 1.71. The Hall–Kier alpha value is -3.20. The van der Waals surface area contributed by atoms with E-state index in [2.05, 4.69) is 10.1 Å². The first kappa shape index (κ1) is 20.1. The lowest BCUT2D eigenvalue weighted by Crippen LogP contribution is -2.21. The van der Waals surface area contributed by atoms with Crippen LogP contribution in [-0.2, 0) is 0 Å².